The first-order valence-electron chi connectivity index (χ1n) is 20.2. The van der Waals surface area contributed by atoms with E-state index in [9.17, 15) is 0 Å². The molecule has 1 atom stereocenters. The smallest absolute Gasteiger partial charge is 0.0543 e. The number of benzene rings is 7. The summed E-state index contributed by atoms with van der Waals surface area (Å²) in [5, 5.41) is 0. The van der Waals surface area contributed by atoms with E-state index in [4.69, 9.17) is 0 Å². The van der Waals surface area contributed by atoms with Crippen LogP contribution in [0.3, 0.4) is 0 Å². The normalized spacial score (nSPS) is 13.7. The van der Waals surface area contributed by atoms with Crippen LogP contribution in [0.5, 0.6) is 0 Å². The fourth-order valence-corrected chi connectivity index (χ4v) is 9.10. The van der Waals surface area contributed by atoms with Crippen molar-refractivity contribution in [1.82, 2.24) is 0 Å². The molecule has 8 rings (SSSR count). The molecule has 1 unspecified atom stereocenters. The summed E-state index contributed by atoms with van der Waals surface area (Å²) in [4.78, 5) is 4.81. The van der Waals surface area contributed by atoms with Gasteiger partial charge in [0.1, 0.15) is 0 Å². The Bertz CT molecular complexity index is 2290. The Labute approximate surface area is 328 Å². The molecular weight excluding hydrogens is 665 g/mol. The third-order valence-corrected chi connectivity index (χ3v) is 12.0. The van der Waals surface area contributed by atoms with Gasteiger partial charge in [-0.3, -0.25) is 0 Å². The lowest BCUT2D eigenvalue weighted by molar-refractivity contribution is 0.431. The van der Waals surface area contributed by atoms with Crippen molar-refractivity contribution in [3.8, 4) is 11.1 Å². The minimum atomic E-state index is -0.106. The molecule has 7 aromatic carbocycles. The van der Waals surface area contributed by atoms with Crippen molar-refractivity contribution in [3.05, 3.63) is 204 Å². The molecule has 0 fully saturated rings. The van der Waals surface area contributed by atoms with Crippen molar-refractivity contribution in [2.75, 3.05) is 9.80 Å². The maximum atomic E-state index is 2.46. The van der Waals surface area contributed by atoms with Crippen LogP contribution in [-0.2, 0) is 10.8 Å². The molecule has 0 amide bonds. The van der Waals surface area contributed by atoms with Gasteiger partial charge in [0.05, 0.1) is 5.69 Å². The third kappa shape index (κ3) is 6.65. The molecule has 0 bridgehead atoms. The SMILES string of the molecule is CCCCCC(CC)(c1ccc(N(c2ccccc2)c2ccccc2)cc1)c1ccc(N(c2ccccc2)c2cccc3c2-c2ccccc2C3(C)C)cc1. The summed E-state index contributed by atoms with van der Waals surface area (Å²) in [7, 11) is 0. The summed E-state index contributed by atoms with van der Waals surface area (Å²) in [5.41, 5.74) is 15.0. The molecule has 1 aliphatic carbocycles. The zero-order chi connectivity index (χ0) is 37.8. The molecule has 0 radical (unpaired) electrons. The molecule has 2 nitrogen and oxygen atoms in total. The molecule has 55 heavy (non-hydrogen) atoms. The summed E-state index contributed by atoms with van der Waals surface area (Å²) in [6.07, 6.45) is 5.75. The first kappa shape index (κ1) is 36.1. The monoisotopic (exact) mass is 716 g/mol. The molecule has 0 N–H and O–H groups in total. The molecule has 0 saturated heterocycles. The molecule has 7 aromatic rings. The van der Waals surface area contributed by atoms with E-state index < -0.39 is 0 Å². The molecule has 274 valence electrons. The summed E-state index contributed by atoms with van der Waals surface area (Å²) >= 11 is 0. The van der Waals surface area contributed by atoms with Crippen molar-refractivity contribution in [1.29, 1.82) is 0 Å². The van der Waals surface area contributed by atoms with Crippen LogP contribution in [0.4, 0.5) is 34.1 Å². The molecule has 0 saturated carbocycles. The highest BCUT2D eigenvalue weighted by Gasteiger charge is 2.38. The van der Waals surface area contributed by atoms with Gasteiger partial charge in [0.2, 0.25) is 0 Å². The Morgan fingerprint density at radius 3 is 1.42 bits per heavy atom. The fraction of sp³-hybridized carbons (Fsp3) is 0.208. The van der Waals surface area contributed by atoms with E-state index in [1.807, 2.05) is 0 Å². The fourth-order valence-electron chi connectivity index (χ4n) is 9.10. The Morgan fingerprint density at radius 1 is 0.436 bits per heavy atom. The summed E-state index contributed by atoms with van der Waals surface area (Å²) in [6, 6.07) is 67.0. The van der Waals surface area contributed by atoms with Gasteiger partial charge in [0.25, 0.3) is 0 Å². The van der Waals surface area contributed by atoms with Crippen molar-refractivity contribution in [3.63, 3.8) is 0 Å². The number of anilines is 6. The number of para-hydroxylation sites is 3. The Hall–Kier alpha value is -5.86. The van der Waals surface area contributed by atoms with Gasteiger partial charge in [-0.25, -0.2) is 0 Å². The quantitative estimate of drug-likeness (QED) is 0.110. The highest BCUT2D eigenvalue weighted by Crippen LogP contribution is 2.54. The van der Waals surface area contributed by atoms with Crippen molar-refractivity contribution >= 4 is 34.1 Å². The Balaban J connectivity index is 1.21. The minimum Gasteiger partial charge on any atom is -0.311 e. The molecule has 0 aromatic heterocycles. The Morgan fingerprint density at radius 2 is 0.891 bits per heavy atom. The van der Waals surface area contributed by atoms with E-state index in [1.165, 1.54) is 64.0 Å². The molecular formula is C53H52N2. The second kappa shape index (κ2) is 15.5. The van der Waals surface area contributed by atoms with Crippen LogP contribution in [-0.4, -0.2) is 0 Å². The van der Waals surface area contributed by atoms with Crippen LogP contribution < -0.4 is 9.80 Å². The maximum absolute atomic E-state index is 2.46. The number of rotatable bonds is 13. The highest BCUT2D eigenvalue weighted by atomic mass is 15.1. The van der Waals surface area contributed by atoms with Crippen LogP contribution in [0, 0.1) is 0 Å². The molecule has 0 aliphatic heterocycles. The van der Waals surface area contributed by atoms with E-state index in [-0.39, 0.29) is 10.8 Å². The van der Waals surface area contributed by atoms with Gasteiger partial charge in [-0.2, -0.15) is 0 Å². The number of hydrogen-bond donors (Lipinski definition) is 0. The predicted molar refractivity (Wildman–Crippen MR) is 235 cm³/mol. The van der Waals surface area contributed by atoms with E-state index >= 15 is 0 Å². The third-order valence-electron chi connectivity index (χ3n) is 12.0. The van der Waals surface area contributed by atoms with E-state index in [0.29, 0.717) is 0 Å². The first-order valence-corrected chi connectivity index (χ1v) is 20.2. The zero-order valence-corrected chi connectivity index (χ0v) is 32.8. The average molecular weight is 717 g/mol. The topological polar surface area (TPSA) is 6.48 Å². The maximum Gasteiger partial charge on any atom is 0.0543 e. The summed E-state index contributed by atoms with van der Waals surface area (Å²) in [6.45, 7) is 9.40. The van der Waals surface area contributed by atoms with Gasteiger partial charge < -0.3 is 9.80 Å². The number of fused-ring (bicyclic) bond motifs is 3. The minimum absolute atomic E-state index is 0.0673. The van der Waals surface area contributed by atoms with E-state index in [0.717, 1.165) is 35.6 Å². The Kier molecular flexibility index (Phi) is 10.2. The standard InChI is InChI=1S/C53H52N2/c1-5-7-19-39-53(6-2,40-31-35-45(36-32-40)54(42-21-11-8-12-22-42)43-23-13-9-14-24-43)41-33-37-46(38-34-41)55(44-25-15-10-16-26-44)50-30-20-29-49-51(50)47-27-17-18-28-48(47)52(49,3)4/h8-18,20-38H,5-7,19,39H2,1-4H3. The van der Waals surface area contributed by atoms with Gasteiger partial charge in [-0.1, -0.05) is 162 Å². The van der Waals surface area contributed by atoms with Crippen LogP contribution in [0.1, 0.15) is 82.1 Å². The van der Waals surface area contributed by atoms with Crippen molar-refractivity contribution < 1.29 is 0 Å². The average Bonchev–Trinajstić information content (AvgIpc) is 3.48. The van der Waals surface area contributed by atoms with Crippen LogP contribution >= 0.6 is 0 Å². The lowest BCUT2D eigenvalue weighted by Gasteiger charge is -2.36. The summed E-state index contributed by atoms with van der Waals surface area (Å²) in [5.74, 6) is 0. The van der Waals surface area contributed by atoms with E-state index in [2.05, 4.69) is 219 Å². The highest BCUT2D eigenvalue weighted by molar-refractivity contribution is 5.95. The van der Waals surface area contributed by atoms with Gasteiger partial charge >= 0.3 is 0 Å². The molecule has 1 aliphatic rings. The molecule has 0 spiro atoms. The van der Waals surface area contributed by atoms with Gasteiger partial charge in [0, 0.05) is 44.8 Å². The van der Waals surface area contributed by atoms with E-state index in [1.54, 1.807) is 0 Å². The van der Waals surface area contributed by atoms with Crippen LogP contribution in [0.2, 0.25) is 0 Å². The van der Waals surface area contributed by atoms with Gasteiger partial charge in [-0.05, 0) is 107 Å². The predicted octanol–water partition coefficient (Wildman–Crippen LogP) is 15.2. The number of hydrogen-bond acceptors (Lipinski definition) is 2. The lowest BCUT2D eigenvalue weighted by Crippen LogP contribution is -2.27. The van der Waals surface area contributed by atoms with Gasteiger partial charge in [0.15, 0.2) is 0 Å². The van der Waals surface area contributed by atoms with Crippen LogP contribution in [0.15, 0.2) is 182 Å². The van der Waals surface area contributed by atoms with Gasteiger partial charge in [-0.15, -0.1) is 0 Å². The zero-order valence-electron chi connectivity index (χ0n) is 32.8. The molecule has 0 heterocycles. The van der Waals surface area contributed by atoms with Crippen LogP contribution in [0.25, 0.3) is 11.1 Å². The van der Waals surface area contributed by atoms with Crippen molar-refractivity contribution in [2.45, 2.75) is 70.6 Å². The number of unbranched alkanes of at least 4 members (excludes halogenated alkanes) is 2. The summed E-state index contributed by atoms with van der Waals surface area (Å²) < 4.78 is 0. The molecule has 2 heteroatoms. The number of nitrogens with zero attached hydrogens (tertiary/aromatic N) is 2. The van der Waals surface area contributed by atoms with Crippen molar-refractivity contribution in [2.24, 2.45) is 0 Å². The largest absolute Gasteiger partial charge is 0.311 e. The second-order valence-corrected chi connectivity index (χ2v) is 15.5. The lowest BCUT2D eigenvalue weighted by atomic mass is 9.69. The first-order chi connectivity index (χ1) is 27.0. The second-order valence-electron chi connectivity index (χ2n) is 15.5.